The lowest BCUT2D eigenvalue weighted by atomic mass is 10.1. The highest BCUT2D eigenvalue weighted by atomic mass is 79.9. The van der Waals surface area contributed by atoms with Gasteiger partial charge in [0.25, 0.3) is 0 Å². The Labute approximate surface area is 101 Å². The first kappa shape index (κ1) is 9.72. The van der Waals surface area contributed by atoms with Gasteiger partial charge in [-0.05, 0) is 18.2 Å². The van der Waals surface area contributed by atoms with Crippen molar-refractivity contribution in [1.82, 2.24) is 10.2 Å². The number of rotatable bonds is 0. The number of hydrogen-bond acceptors (Lipinski definition) is 3. The van der Waals surface area contributed by atoms with Crippen molar-refractivity contribution in [2.75, 3.05) is 12.3 Å². The van der Waals surface area contributed by atoms with Gasteiger partial charge in [0, 0.05) is 22.0 Å². The Morgan fingerprint density at radius 3 is 3.19 bits per heavy atom. The van der Waals surface area contributed by atoms with Crippen molar-refractivity contribution >= 4 is 21.7 Å². The largest absolute Gasteiger partial charge is 0.493 e. The van der Waals surface area contributed by atoms with Crippen LogP contribution in [0.15, 0.2) is 22.7 Å². The molecule has 16 heavy (non-hydrogen) atoms. The van der Waals surface area contributed by atoms with Gasteiger partial charge in [-0.3, -0.25) is 5.10 Å². The number of H-pyrrole nitrogens is 1. The third-order valence-corrected chi connectivity index (χ3v) is 3.21. The van der Waals surface area contributed by atoms with Crippen molar-refractivity contribution in [3.05, 3.63) is 28.2 Å². The van der Waals surface area contributed by atoms with Gasteiger partial charge in [-0.25, -0.2) is 0 Å². The van der Waals surface area contributed by atoms with E-state index < -0.39 is 0 Å². The van der Waals surface area contributed by atoms with E-state index in [4.69, 9.17) is 10.5 Å². The minimum Gasteiger partial charge on any atom is -0.493 e. The number of aromatic nitrogens is 2. The Kier molecular flexibility index (Phi) is 2.14. The summed E-state index contributed by atoms with van der Waals surface area (Å²) >= 11 is 3.45. The molecule has 0 saturated carbocycles. The fourth-order valence-corrected chi connectivity index (χ4v) is 2.30. The molecular weight excluding hydrogens is 270 g/mol. The van der Waals surface area contributed by atoms with Crippen molar-refractivity contribution in [2.45, 2.75) is 6.42 Å². The molecule has 3 N–H and O–H groups in total. The second kappa shape index (κ2) is 3.52. The maximum absolute atomic E-state index is 5.82. The number of aromatic amines is 1. The smallest absolute Gasteiger partial charge is 0.149 e. The van der Waals surface area contributed by atoms with Crippen molar-refractivity contribution in [3.8, 4) is 17.0 Å². The zero-order valence-electron chi connectivity index (χ0n) is 8.46. The molecule has 0 bridgehead atoms. The van der Waals surface area contributed by atoms with Crippen LogP contribution in [0, 0.1) is 0 Å². The van der Waals surface area contributed by atoms with Crippen LogP contribution >= 0.6 is 15.9 Å². The number of halogens is 1. The molecule has 0 unspecified atom stereocenters. The highest BCUT2D eigenvalue weighted by Crippen LogP contribution is 2.37. The van der Waals surface area contributed by atoms with E-state index in [0.717, 1.165) is 33.5 Å². The van der Waals surface area contributed by atoms with Crippen molar-refractivity contribution in [1.29, 1.82) is 0 Å². The summed E-state index contributed by atoms with van der Waals surface area (Å²) in [5.41, 5.74) is 8.82. The quantitative estimate of drug-likeness (QED) is 0.778. The molecule has 3 rings (SSSR count). The highest BCUT2D eigenvalue weighted by molar-refractivity contribution is 9.10. The summed E-state index contributed by atoms with van der Waals surface area (Å²) in [6, 6.07) is 5.92. The monoisotopic (exact) mass is 279 g/mol. The fraction of sp³-hybridized carbons (Fsp3) is 0.182. The maximum atomic E-state index is 5.82. The van der Waals surface area contributed by atoms with Crippen LogP contribution < -0.4 is 10.5 Å². The van der Waals surface area contributed by atoms with Gasteiger partial charge in [-0.1, -0.05) is 15.9 Å². The predicted octanol–water partition coefficient (Wildman–Crippen LogP) is 2.36. The standard InChI is InChI=1S/C11H10BrN3O/c12-6-1-2-9-8(5-6)10-7(3-4-16-9)11(13)15-14-10/h1-2,5H,3-4H2,(H3,13,14,15). The van der Waals surface area contributed by atoms with Crippen LogP contribution in [0.1, 0.15) is 5.56 Å². The molecular formula is C11H10BrN3O. The molecule has 1 aromatic heterocycles. The van der Waals surface area contributed by atoms with Gasteiger partial charge in [-0.2, -0.15) is 5.10 Å². The van der Waals surface area contributed by atoms with E-state index in [-0.39, 0.29) is 0 Å². The first-order chi connectivity index (χ1) is 7.75. The lowest BCUT2D eigenvalue weighted by Gasteiger charge is -2.06. The molecule has 0 radical (unpaired) electrons. The number of nitrogens with one attached hydrogen (secondary N) is 1. The van der Waals surface area contributed by atoms with E-state index in [1.165, 1.54) is 0 Å². The molecule has 1 aromatic carbocycles. The maximum Gasteiger partial charge on any atom is 0.149 e. The second-order valence-electron chi connectivity index (χ2n) is 3.70. The molecule has 5 heteroatoms. The zero-order chi connectivity index (χ0) is 11.1. The summed E-state index contributed by atoms with van der Waals surface area (Å²) in [6.45, 7) is 0.630. The first-order valence-corrected chi connectivity index (χ1v) is 5.80. The molecule has 82 valence electrons. The minimum absolute atomic E-state index is 0.562. The fourth-order valence-electron chi connectivity index (χ4n) is 1.94. The molecule has 0 aliphatic carbocycles. The molecule has 1 aliphatic heterocycles. The average Bonchev–Trinajstić information content (AvgIpc) is 2.54. The number of fused-ring (bicyclic) bond motifs is 3. The molecule has 2 heterocycles. The molecule has 0 spiro atoms. The van der Waals surface area contributed by atoms with E-state index in [0.29, 0.717) is 12.4 Å². The van der Waals surface area contributed by atoms with Crippen LogP contribution in [0.4, 0.5) is 5.82 Å². The van der Waals surface area contributed by atoms with Crippen LogP contribution in [0.3, 0.4) is 0 Å². The normalized spacial score (nSPS) is 13.6. The lowest BCUT2D eigenvalue weighted by Crippen LogP contribution is -2.00. The number of nitrogen functional groups attached to an aromatic ring is 1. The van der Waals surface area contributed by atoms with Crippen LogP contribution in [0.2, 0.25) is 0 Å². The first-order valence-electron chi connectivity index (χ1n) is 5.01. The number of anilines is 1. The number of hydrogen-bond donors (Lipinski definition) is 2. The molecule has 0 atom stereocenters. The predicted molar refractivity (Wildman–Crippen MR) is 65.3 cm³/mol. The Morgan fingerprint density at radius 2 is 2.31 bits per heavy atom. The van der Waals surface area contributed by atoms with Crippen LogP contribution in [-0.2, 0) is 6.42 Å². The van der Waals surface area contributed by atoms with Gasteiger partial charge >= 0.3 is 0 Å². The Morgan fingerprint density at radius 1 is 1.44 bits per heavy atom. The minimum atomic E-state index is 0.562. The molecule has 2 aromatic rings. The summed E-state index contributed by atoms with van der Waals surface area (Å²) in [7, 11) is 0. The van der Waals surface area contributed by atoms with Crippen molar-refractivity contribution in [3.63, 3.8) is 0 Å². The number of ether oxygens (including phenoxy) is 1. The second-order valence-corrected chi connectivity index (χ2v) is 4.62. The number of nitrogens with two attached hydrogens (primary N) is 1. The molecule has 1 aliphatic rings. The molecule has 0 amide bonds. The van der Waals surface area contributed by atoms with Crippen molar-refractivity contribution in [2.24, 2.45) is 0 Å². The van der Waals surface area contributed by atoms with Gasteiger partial charge in [0.1, 0.15) is 11.6 Å². The van der Waals surface area contributed by atoms with E-state index in [9.17, 15) is 0 Å². The molecule has 4 nitrogen and oxygen atoms in total. The Hall–Kier alpha value is -1.49. The van der Waals surface area contributed by atoms with Crippen molar-refractivity contribution < 1.29 is 4.74 Å². The van der Waals surface area contributed by atoms with Gasteiger partial charge in [0.2, 0.25) is 0 Å². The zero-order valence-corrected chi connectivity index (χ0v) is 10.0. The van der Waals surface area contributed by atoms with Crippen LogP contribution in [-0.4, -0.2) is 16.8 Å². The highest BCUT2D eigenvalue weighted by Gasteiger charge is 2.19. The SMILES string of the molecule is Nc1n[nH]c2c1CCOc1ccc(Br)cc1-2. The third-order valence-electron chi connectivity index (χ3n) is 2.72. The summed E-state index contributed by atoms with van der Waals surface area (Å²) in [5.74, 6) is 1.43. The van der Waals surface area contributed by atoms with E-state index in [1.54, 1.807) is 0 Å². The Bertz CT molecular complexity index is 550. The Balaban J connectivity index is 2.28. The van der Waals surface area contributed by atoms with Gasteiger partial charge in [0.15, 0.2) is 0 Å². The lowest BCUT2D eigenvalue weighted by molar-refractivity contribution is 0.326. The molecule has 0 fully saturated rings. The summed E-state index contributed by atoms with van der Waals surface area (Å²) in [6.07, 6.45) is 0.782. The summed E-state index contributed by atoms with van der Waals surface area (Å²) in [4.78, 5) is 0. The average molecular weight is 280 g/mol. The van der Waals surface area contributed by atoms with Gasteiger partial charge < -0.3 is 10.5 Å². The van der Waals surface area contributed by atoms with Crippen LogP contribution in [0.5, 0.6) is 5.75 Å². The third kappa shape index (κ3) is 1.39. The topological polar surface area (TPSA) is 63.9 Å². The van der Waals surface area contributed by atoms with E-state index >= 15 is 0 Å². The van der Waals surface area contributed by atoms with E-state index in [1.807, 2.05) is 18.2 Å². The van der Waals surface area contributed by atoms with Gasteiger partial charge in [0.05, 0.1) is 12.3 Å². The number of benzene rings is 1. The number of nitrogens with zero attached hydrogens (tertiary/aromatic N) is 1. The summed E-state index contributed by atoms with van der Waals surface area (Å²) in [5, 5.41) is 7.02. The van der Waals surface area contributed by atoms with Gasteiger partial charge in [-0.15, -0.1) is 0 Å². The molecule has 0 saturated heterocycles. The van der Waals surface area contributed by atoms with E-state index in [2.05, 4.69) is 26.1 Å². The summed E-state index contributed by atoms with van der Waals surface area (Å²) < 4.78 is 6.69. The van der Waals surface area contributed by atoms with Crippen LogP contribution in [0.25, 0.3) is 11.3 Å².